The second-order valence-electron chi connectivity index (χ2n) is 6.22. The molecule has 0 heterocycles. The molecule has 0 saturated carbocycles. The lowest BCUT2D eigenvalue weighted by Gasteiger charge is -2.09. The van der Waals surface area contributed by atoms with Crippen LogP contribution in [0.25, 0.3) is 0 Å². The minimum atomic E-state index is 0.00858. The molecule has 23 heavy (non-hydrogen) atoms. The van der Waals surface area contributed by atoms with Crippen molar-refractivity contribution in [3.63, 3.8) is 0 Å². The third-order valence-corrected chi connectivity index (χ3v) is 3.40. The fourth-order valence-corrected chi connectivity index (χ4v) is 2.23. The molecular formula is C18H29N3O2. The van der Waals surface area contributed by atoms with E-state index in [1.165, 1.54) is 0 Å². The quantitative estimate of drug-likeness (QED) is 0.577. The van der Waals surface area contributed by atoms with Crippen LogP contribution < -0.4 is 16.4 Å². The molecule has 1 aromatic rings. The molecule has 0 atom stereocenters. The van der Waals surface area contributed by atoms with Crippen molar-refractivity contribution >= 4 is 23.2 Å². The van der Waals surface area contributed by atoms with Gasteiger partial charge in [0.05, 0.1) is 0 Å². The van der Waals surface area contributed by atoms with Crippen LogP contribution in [0.5, 0.6) is 0 Å². The highest BCUT2D eigenvalue weighted by molar-refractivity contribution is 5.92. The number of benzene rings is 1. The first kappa shape index (κ1) is 19.2. The Balaban J connectivity index is 2.33. The average molecular weight is 319 g/mol. The summed E-state index contributed by atoms with van der Waals surface area (Å²) in [7, 11) is 0. The van der Waals surface area contributed by atoms with Crippen molar-refractivity contribution in [3.8, 4) is 0 Å². The zero-order valence-corrected chi connectivity index (χ0v) is 14.2. The third kappa shape index (κ3) is 8.98. The van der Waals surface area contributed by atoms with Crippen LogP contribution in [0.3, 0.4) is 0 Å². The monoisotopic (exact) mass is 319 g/mol. The maximum atomic E-state index is 11.8. The maximum Gasteiger partial charge on any atom is 0.224 e. The highest BCUT2D eigenvalue weighted by atomic mass is 16.2. The Labute approximate surface area is 139 Å². The molecule has 4 N–H and O–H groups in total. The molecule has 0 aliphatic carbocycles. The van der Waals surface area contributed by atoms with Gasteiger partial charge in [-0.25, -0.2) is 0 Å². The average Bonchev–Trinajstić information content (AvgIpc) is 2.48. The molecule has 0 radical (unpaired) electrons. The first-order valence-corrected chi connectivity index (χ1v) is 8.41. The summed E-state index contributed by atoms with van der Waals surface area (Å²) >= 11 is 0. The summed E-state index contributed by atoms with van der Waals surface area (Å²) in [5.41, 5.74) is 6.93. The molecule has 5 heteroatoms. The first-order valence-electron chi connectivity index (χ1n) is 8.41. The van der Waals surface area contributed by atoms with Gasteiger partial charge in [0.1, 0.15) is 0 Å². The van der Waals surface area contributed by atoms with Gasteiger partial charge in [-0.3, -0.25) is 9.59 Å². The summed E-state index contributed by atoms with van der Waals surface area (Å²) in [6, 6.07) is 7.21. The van der Waals surface area contributed by atoms with E-state index in [0.717, 1.165) is 37.1 Å². The van der Waals surface area contributed by atoms with Crippen LogP contribution in [-0.4, -0.2) is 18.4 Å². The molecule has 0 fully saturated rings. The molecule has 128 valence electrons. The number of nitrogens with two attached hydrogens (primary N) is 1. The van der Waals surface area contributed by atoms with E-state index in [9.17, 15) is 9.59 Å². The molecular weight excluding hydrogens is 290 g/mol. The Hall–Kier alpha value is -1.88. The number of carbonyl (C=O) groups is 2. The topological polar surface area (TPSA) is 84.2 Å². The van der Waals surface area contributed by atoms with Crippen molar-refractivity contribution in [1.29, 1.82) is 0 Å². The molecule has 0 saturated heterocycles. The number of hydrogen-bond acceptors (Lipinski definition) is 3. The number of anilines is 2. The number of amides is 2. The largest absolute Gasteiger partial charge is 0.330 e. The van der Waals surface area contributed by atoms with Gasteiger partial charge in [0.2, 0.25) is 11.8 Å². The van der Waals surface area contributed by atoms with Crippen LogP contribution in [0.4, 0.5) is 11.4 Å². The molecule has 2 amide bonds. The molecule has 0 unspecified atom stereocenters. The smallest absolute Gasteiger partial charge is 0.224 e. The van der Waals surface area contributed by atoms with E-state index >= 15 is 0 Å². The summed E-state index contributed by atoms with van der Waals surface area (Å²) in [5, 5.41) is 5.72. The van der Waals surface area contributed by atoms with Crippen LogP contribution in [-0.2, 0) is 9.59 Å². The predicted octanol–water partition coefficient (Wildman–Crippen LogP) is 3.52. The summed E-state index contributed by atoms with van der Waals surface area (Å²) in [6.07, 6.45) is 5.04. The van der Waals surface area contributed by atoms with Gasteiger partial charge in [-0.05, 0) is 49.6 Å². The van der Waals surface area contributed by atoms with Gasteiger partial charge in [0, 0.05) is 24.2 Å². The fourth-order valence-electron chi connectivity index (χ4n) is 2.23. The van der Waals surface area contributed by atoms with Crippen molar-refractivity contribution in [1.82, 2.24) is 0 Å². The Kier molecular flexibility index (Phi) is 8.98. The van der Waals surface area contributed by atoms with Gasteiger partial charge in [0.25, 0.3) is 0 Å². The van der Waals surface area contributed by atoms with E-state index in [2.05, 4.69) is 10.6 Å². The van der Waals surface area contributed by atoms with Crippen LogP contribution in [0, 0.1) is 5.92 Å². The van der Waals surface area contributed by atoms with Gasteiger partial charge in [-0.1, -0.05) is 26.7 Å². The number of rotatable bonds is 10. The molecule has 0 aromatic heterocycles. The Bertz CT molecular complexity index is 484. The Morgan fingerprint density at radius 3 is 1.96 bits per heavy atom. The predicted molar refractivity (Wildman–Crippen MR) is 95.3 cm³/mol. The number of carbonyl (C=O) groups excluding carboxylic acids is 2. The molecule has 0 spiro atoms. The number of nitrogens with one attached hydrogen (secondary N) is 2. The van der Waals surface area contributed by atoms with Gasteiger partial charge in [0.15, 0.2) is 0 Å². The molecule has 1 rings (SSSR count). The molecule has 1 aromatic carbocycles. The van der Waals surface area contributed by atoms with E-state index in [4.69, 9.17) is 5.73 Å². The summed E-state index contributed by atoms with van der Waals surface area (Å²) < 4.78 is 0. The third-order valence-electron chi connectivity index (χ3n) is 3.40. The second kappa shape index (κ2) is 10.8. The van der Waals surface area contributed by atoms with Crippen LogP contribution in [0.1, 0.15) is 52.4 Å². The molecule has 5 nitrogen and oxygen atoms in total. The van der Waals surface area contributed by atoms with E-state index in [0.29, 0.717) is 25.3 Å². The lowest BCUT2D eigenvalue weighted by Crippen LogP contribution is -2.14. The van der Waals surface area contributed by atoms with Crippen molar-refractivity contribution in [3.05, 3.63) is 24.3 Å². The first-order chi connectivity index (χ1) is 11.0. The molecule has 0 aliphatic heterocycles. The zero-order valence-electron chi connectivity index (χ0n) is 14.2. The van der Waals surface area contributed by atoms with Gasteiger partial charge in [-0.15, -0.1) is 0 Å². The normalized spacial score (nSPS) is 10.6. The van der Waals surface area contributed by atoms with Crippen LogP contribution in [0.15, 0.2) is 24.3 Å². The van der Waals surface area contributed by atoms with E-state index in [-0.39, 0.29) is 11.8 Å². The maximum absolute atomic E-state index is 11.8. The summed E-state index contributed by atoms with van der Waals surface area (Å²) in [6.45, 7) is 4.73. The standard InChI is InChI=1S/C18H29N3O2/c1-14(2)13-18(23)21-16-10-8-15(9-11-16)20-17(22)7-5-3-4-6-12-19/h8-11,14H,3-7,12-13,19H2,1-2H3,(H,20,22)(H,21,23). The van der Waals surface area contributed by atoms with E-state index < -0.39 is 0 Å². The number of hydrogen-bond donors (Lipinski definition) is 3. The SMILES string of the molecule is CC(C)CC(=O)Nc1ccc(NC(=O)CCCCCCN)cc1. The van der Waals surface area contributed by atoms with Crippen molar-refractivity contribution < 1.29 is 9.59 Å². The molecule has 0 aliphatic rings. The fraction of sp³-hybridized carbons (Fsp3) is 0.556. The summed E-state index contributed by atoms with van der Waals surface area (Å²) in [5.74, 6) is 0.363. The van der Waals surface area contributed by atoms with Crippen molar-refractivity contribution in [2.24, 2.45) is 11.7 Å². The minimum Gasteiger partial charge on any atom is -0.330 e. The van der Waals surface area contributed by atoms with E-state index in [1.54, 1.807) is 24.3 Å². The van der Waals surface area contributed by atoms with Gasteiger partial charge in [-0.2, -0.15) is 0 Å². The second-order valence-corrected chi connectivity index (χ2v) is 6.22. The van der Waals surface area contributed by atoms with Crippen LogP contribution in [0.2, 0.25) is 0 Å². The Morgan fingerprint density at radius 1 is 0.913 bits per heavy atom. The Morgan fingerprint density at radius 2 is 1.43 bits per heavy atom. The lowest BCUT2D eigenvalue weighted by atomic mass is 10.1. The lowest BCUT2D eigenvalue weighted by molar-refractivity contribution is -0.117. The van der Waals surface area contributed by atoms with Crippen LogP contribution >= 0.6 is 0 Å². The number of unbranched alkanes of at least 4 members (excludes halogenated alkanes) is 3. The minimum absolute atomic E-state index is 0.00858. The summed E-state index contributed by atoms with van der Waals surface area (Å²) in [4.78, 5) is 23.5. The van der Waals surface area contributed by atoms with E-state index in [1.807, 2.05) is 13.8 Å². The van der Waals surface area contributed by atoms with Crippen molar-refractivity contribution in [2.45, 2.75) is 52.4 Å². The van der Waals surface area contributed by atoms with Gasteiger partial charge >= 0.3 is 0 Å². The zero-order chi connectivity index (χ0) is 17.1. The highest BCUT2D eigenvalue weighted by Gasteiger charge is 2.06. The molecule has 0 bridgehead atoms. The van der Waals surface area contributed by atoms with Crippen molar-refractivity contribution in [2.75, 3.05) is 17.2 Å². The van der Waals surface area contributed by atoms with Gasteiger partial charge < -0.3 is 16.4 Å². The highest BCUT2D eigenvalue weighted by Crippen LogP contribution is 2.15.